The highest BCUT2D eigenvalue weighted by atomic mass is 19.1. The van der Waals surface area contributed by atoms with Crippen LogP contribution in [-0.2, 0) is 0 Å². The highest BCUT2D eigenvalue weighted by Gasteiger charge is 2.16. The minimum absolute atomic E-state index is 0.128. The molecule has 0 spiro atoms. The van der Waals surface area contributed by atoms with Crippen molar-refractivity contribution in [1.82, 2.24) is 10.6 Å². The fourth-order valence-electron chi connectivity index (χ4n) is 2.74. The molecule has 0 aromatic heterocycles. The molecule has 0 fully saturated rings. The van der Waals surface area contributed by atoms with Gasteiger partial charge in [0.2, 0.25) is 5.96 Å². The molecule has 0 radical (unpaired) electrons. The van der Waals surface area contributed by atoms with Crippen molar-refractivity contribution in [2.75, 3.05) is 6.54 Å². The van der Waals surface area contributed by atoms with Gasteiger partial charge in [-0.2, -0.15) is 10.3 Å². The summed E-state index contributed by atoms with van der Waals surface area (Å²) in [6.07, 6.45) is -0.624. The zero-order valence-corrected chi connectivity index (χ0v) is 17.4. The Bertz CT molecular complexity index is 966. The number of carbonyl (C=O) groups is 1. The van der Waals surface area contributed by atoms with Crippen molar-refractivity contribution in [3.8, 4) is 6.07 Å². The number of amides is 1. The van der Waals surface area contributed by atoms with Crippen LogP contribution in [0.25, 0.3) is 0 Å². The molecule has 6 N–H and O–H groups in total. The molecule has 2 rings (SSSR count). The van der Waals surface area contributed by atoms with Crippen LogP contribution in [0, 0.1) is 28.9 Å². The van der Waals surface area contributed by atoms with Crippen LogP contribution in [0.15, 0.2) is 47.5 Å². The van der Waals surface area contributed by atoms with Gasteiger partial charge in [0.1, 0.15) is 11.6 Å². The number of carbonyl (C=O) groups excluding carboxylic acids is 1. The standard InChI is InChI=1S/C22H26F2N6O/c1-13(2)12-28-22(30-21(31)15-5-3-4-14(6-15)11-25)29-20(27)10-19(26)16-7-17(23)9-18(24)8-16/h3-9,13,19-20H,10,12,26-27H2,1-2H3,(H2,28,29,30,31). The zero-order valence-electron chi connectivity index (χ0n) is 17.4. The number of nitrogens with one attached hydrogen (secondary N) is 2. The Kier molecular flexibility index (Phi) is 8.61. The summed E-state index contributed by atoms with van der Waals surface area (Å²) in [6.45, 7) is 4.49. The van der Waals surface area contributed by atoms with Gasteiger partial charge in [0, 0.05) is 24.2 Å². The van der Waals surface area contributed by atoms with E-state index in [9.17, 15) is 13.6 Å². The van der Waals surface area contributed by atoms with Crippen LogP contribution in [0.2, 0.25) is 0 Å². The van der Waals surface area contributed by atoms with Gasteiger partial charge in [-0.05, 0) is 48.2 Å². The highest BCUT2D eigenvalue weighted by Crippen LogP contribution is 2.17. The van der Waals surface area contributed by atoms with E-state index in [-0.39, 0.29) is 29.4 Å². The van der Waals surface area contributed by atoms with Crippen molar-refractivity contribution >= 4 is 11.9 Å². The lowest BCUT2D eigenvalue weighted by Crippen LogP contribution is -2.49. The predicted octanol–water partition coefficient (Wildman–Crippen LogP) is 2.54. The quantitative estimate of drug-likeness (QED) is 0.305. The summed E-state index contributed by atoms with van der Waals surface area (Å²) in [5.41, 5.74) is 13.0. The molecule has 0 saturated carbocycles. The topological polar surface area (TPSA) is 129 Å². The third-order valence-corrected chi connectivity index (χ3v) is 4.27. The third-order valence-electron chi connectivity index (χ3n) is 4.27. The summed E-state index contributed by atoms with van der Waals surface area (Å²) >= 11 is 0. The minimum atomic E-state index is -0.752. The lowest BCUT2D eigenvalue weighted by molar-refractivity contribution is 0.100. The fraction of sp³-hybridized carbons (Fsp3) is 0.318. The molecule has 164 valence electrons. The van der Waals surface area contributed by atoms with E-state index < -0.39 is 29.7 Å². The number of hydrogen-bond donors (Lipinski definition) is 4. The van der Waals surface area contributed by atoms with Crippen molar-refractivity contribution in [3.05, 3.63) is 70.8 Å². The number of nitrogens with zero attached hydrogens (tertiary/aromatic N) is 2. The molecule has 9 heteroatoms. The van der Waals surface area contributed by atoms with Crippen molar-refractivity contribution in [1.29, 1.82) is 5.26 Å². The molecule has 2 aromatic rings. The van der Waals surface area contributed by atoms with Crippen molar-refractivity contribution in [2.45, 2.75) is 32.5 Å². The number of guanidine groups is 1. The van der Waals surface area contributed by atoms with Crippen LogP contribution >= 0.6 is 0 Å². The molecule has 1 amide bonds. The van der Waals surface area contributed by atoms with Gasteiger partial charge in [0.15, 0.2) is 0 Å². The SMILES string of the molecule is CC(C)CN/C(=N/C(=O)c1cccc(C#N)c1)NC(N)CC(N)c1cc(F)cc(F)c1. The van der Waals surface area contributed by atoms with Crippen molar-refractivity contribution in [3.63, 3.8) is 0 Å². The molecule has 31 heavy (non-hydrogen) atoms. The summed E-state index contributed by atoms with van der Waals surface area (Å²) < 4.78 is 26.9. The Balaban J connectivity index is 2.14. The maximum absolute atomic E-state index is 13.4. The molecular weight excluding hydrogens is 402 g/mol. The van der Waals surface area contributed by atoms with Crippen LogP contribution in [0.5, 0.6) is 0 Å². The van der Waals surface area contributed by atoms with Gasteiger partial charge in [0.05, 0.1) is 17.8 Å². The van der Waals surface area contributed by atoms with Crippen LogP contribution in [0.4, 0.5) is 8.78 Å². The Hall–Kier alpha value is -3.35. The highest BCUT2D eigenvalue weighted by molar-refractivity contribution is 6.02. The molecule has 7 nitrogen and oxygen atoms in total. The average molecular weight is 428 g/mol. The maximum atomic E-state index is 13.4. The van der Waals surface area contributed by atoms with Crippen LogP contribution in [0.1, 0.15) is 47.8 Å². The number of aliphatic imine (C=N–C) groups is 1. The van der Waals surface area contributed by atoms with Gasteiger partial charge in [0.25, 0.3) is 5.91 Å². The van der Waals surface area contributed by atoms with E-state index in [2.05, 4.69) is 15.6 Å². The van der Waals surface area contributed by atoms with E-state index >= 15 is 0 Å². The number of nitriles is 1. The second kappa shape index (κ2) is 11.2. The molecule has 0 aliphatic rings. The summed E-state index contributed by atoms with van der Waals surface area (Å²) in [5.74, 6) is -1.60. The molecule has 0 saturated heterocycles. The monoisotopic (exact) mass is 428 g/mol. The van der Waals surface area contributed by atoms with E-state index in [1.165, 1.54) is 6.07 Å². The van der Waals surface area contributed by atoms with Gasteiger partial charge in [-0.15, -0.1) is 0 Å². The van der Waals surface area contributed by atoms with E-state index in [0.717, 1.165) is 18.2 Å². The lowest BCUT2D eigenvalue weighted by atomic mass is 10.0. The van der Waals surface area contributed by atoms with Gasteiger partial charge in [-0.3, -0.25) is 4.79 Å². The predicted molar refractivity (Wildman–Crippen MR) is 115 cm³/mol. The van der Waals surface area contributed by atoms with E-state index in [1.807, 2.05) is 19.9 Å². The smallest absolute Gasteiger partial charge is 0.280 e. The number of halogens is 2. The van der Waals surface area contributed by atoms with Crippen molar-refractivity contribution < 1.29 is 13.6 Å². The minimum Gasteiger partial charge on any atom is -0.356 e. The first-order valence-corrected chi connectivity index (χ1v) is 9.78. The van der Waals surface area contributed by atoms with Gasteiger partial charge < -0.3 is 22.1 Å². The van der Waals surface area contributed by atoms with Crippen LogP contribution < -0.4 is 22.1 Å². The summed E-state index contributed by atoms with van der Waals surface area (Å²) in [4.78, 5) is 16.6. The van der Waals surface area contributed by atoms with E-state index in [0.29, 0.717) is 12.1 Å². The Morgan fingerprint density at radius 2 is 1.84 bits per heavy atom. The lowest BCUT2D eigenvalue weighted by Gasteiger charge is -2.22. The maximum Gasteiger partial charge on any atom is 0.280 e. The van der Waals surface area contributed by atoms with Crippen molar-refractivity contribution in [2.24, 2.45) is 22.4 Å². The summed E-state index contributed by atoms with van der Waals surface area (Å²) in [6, 6.07) is 10.5. The van der Waals surface area contributed by atoms with Crippen LogP contribution in [-0.4, -0.2) is 24.6 Å². The Labute approximate surface area is 180 Å². The molecular formula is C22H26F2N6O. The largest absolute Gasteiger partial charge is 0.356 e. The number of hydrogen-bond acceptors (Lipinski definition) is 4. The Morgan fingerprint density at radius 3 is 2.45 bits per heavy atom. The number of rotatable bonds is 7. The average Bonchev–Trinajstić information content (AvgIpc) is 2.71. The third kappa shape index (κ3) is 7.77. The normalized spacial score (nSPS) is 13.4. The summed E-state index contributed by atoms with van der Waals surface area (Å²) in [7, 11) is 0. The first kappa shape index (κ1) is 23.9. The van der Waals surface area contributed by atoms with Gasteiger partial charge in [-0.25, -0.2) is 8.78 Å². The van der Waals surface area contributed by atoms with Gasteiger partial charge in [-0.1, -0.05) is 19.9 Å². The first-order chi connectivity index (χ1) is 14.7. The van der Waals surface area contributed by atoms with Crippen LogP contribution in [0.3, 0.4) is 0 Å². The molecule has 2 unspecified atom stereocenters. The fourth-order valence-corrected chi connectivity index (χ4v) is 2.74. The zero-order chi connectivity index (χ0) is 23.0. The van der Waals surface area contributed by atoms with E-state index in [4.69, 9.17) is 16.7 Å². The molecule has 0 bridgehead atoms. The van der Waals surface area contributed by atoms with Gasteiger partial charge >= 0.3 is 0 Å². The number of benzene rings is 2. The molecule has 0 heterocycles. The van der Waals surface area contributed by atoms with E-state index in [1.54, 1.807) is 18.2 Å². The molecule has 2 aromatic carbocycles. The molecule has 2 atom stereocenters. The Morgan fingerprint density at radius 1 is 1.16 bits per heavy atom. The summed E-state index contributed by atoms with van der Waals surface area (Å²) in [5, 5.41) is 14.9. The molecule has 0 aliphatic heterocycles. The number of nitrogens with two attached hydrogens (primary N) is 2. The first-order valence-electron chi connectivity index (χ1n) is 9.78. The second-order valence-corrected chi connectivity index (χ2v) is 7.53. The molecule has 0 aliphatic carbocycles. The second-order valence-electron chi connectivity index (χ2n) is 7.53.